The van der Waals surface area contributed by atoms with Crippen LogP contribution in [0.25, 0.3) is 10.9 Å². The van der Waals surface area contributed by atoms with Crippen LogP contribution in [0.15, 0.2) is 41.4 Å². The Labute approximate surface area is 149 Å². The first-order valence-electron chi connectivity index (χ1n) is 6.90. The fourth-order valence-electron chi connectivity index (χ4n) is 2.29. The first-order chi connectivity index (χ1) is 12.2. The maximum atomic E-state index is 14.0. The molecule has 0 spiro atoms. The SMILES string of the molecule is O=S(=O)(Nc1cc(F)c(OC(F)F)cc1F)c1c[nH]c2cc(Cl)ccc12. The number of sulfonamides is 1. The number of rotatable bonds is 5. The van der Waals surface area contributed by atoms with Gasteiger partial charge in [-0.2, -0.15) is 8.78 Å². The summed E-state index contributed by atoms with van der Waals surface area (Å²) >= 11 is 5.82. The summed E-state index contributed by atoms with van der Waals surface area (Å²) in [5, 5.41) is 0.652. The first-order valence-corrected chi connectivity index (χ1v) is 8.77. The third kappa shape index (κ3) is 3.56. The van der Waals surface area contributed by atoms with Crippen molar-refractivity contribution in [2.24, 2.45) is 0 Å². The molecule has 0 fully saturated rings. The molecule has 3 aromatic rings. The van der Waals surface area contributed by atoms with E-state index >= 15 is 0 Å². The molecule has 2 N–H and O–H groups in total. The van der Waals surface area contributed by atoms with Crippen LogP contribution in [0.2, 0.25) is 5.02 Å². The van der Waals surface area contributed by atoms with Crippen molar-refractivity contribution in [1.29, 1.82) is 0 Å². The summed E-state index contributed by atoms with van der Waals surface area (Å²) < 4.78 is 82.6. The van der Waals surface area contributed by atoms with E-state index in [-0.39, 0.29) is 10.3 Å². The lowest BCUT2D eigenvalue weighted by atomic mass is 10.2. The summed E-state index contributed by atoms with van der Waals surface area (Å²) in [4.78, 5) is 2.48. The van der Waals surface area contributed by atoms with Crippen LogP contribution in [-0.4, -0.2) is 20.0 Å². The average Bonchev–Trinajstić information content (AvgIpc) is 2.95. The molecule has 138 valence electrons. The van der Waals surface area contributed by atoms with Crippen molar-refractivity contribution in [1.82, 2.24) is 4.98 Å². The molecule has 0 saturated heterocycles. The van der Waals surface area contributed by atoms with Gasteiger partial charge in [0.15, 0.2) is 17.4 Å². The second-order valence-electron chi connectivity index (χ2n) is 5.09. The molecule has 0 radical (unpaired) electrons. The van der Waals surface area contributed by atoms with Crippen LogP contribution in [0.3, 0.4) is 0 Å². The largest absolute Gasteiger partial charge is 0.432 e. The molecule has 0 saturated carbocycles. The molecule has 5 nitrogen and oxygen atoms in total. The van der Waals surface area contributed by atoms with E-state index in [1.807, 2.05) is 4.72 Å². The number of alkyl halides is 2. The van der Waals surface area contributed by atoms with Crippen LogP contribution >= 0.6 is 11.6 Å². The van der Waals surface area contributed by atoms with Gasteiger partial charge in [0.25, 0.3) is 10.0 Å². The van der Waals surface area contributed by atoms with Crippen molar-refractivity contribution >= 4 is 38.2 Å². The zero-order chi connectivity index (χ0) is 19.1. The number of H-pyrrole nitrogens is 1. The van der Waals surface area contributed by atoms with Gasteiger partial charge in [-0.1, -0.05) is 11.6 Å². The fourth-order valence-corrected chi connectivity index (χ4v) is 3.70. The third-order valence-corrected chi connectivity index (χ3v) is 5.02. The lowest BCUT2D eigenvalue weighted by Crippen LogP contribution is -2.14. The number of halogens is 5. The molecule has 0 bridgehead atoms. The quantitative estimate of drug-likeness (QED) is 0.610. The molecule has 2 aromatic carbocycles. The number of nitrogens with one attached hydrogen (secondary N) is 2. The van der Waals surface area contributed by atoms with E-state index in [2.05, 4.69) is 9.72 Å². The van der Waals surface area contributed by atoms with Crippen molar-refractivity contribution in [3.05, 3.63) is 53.2 Å². The number of aromatic nitrogens is 1. The molecular weight excluding hydrogens is 400 g/mol. The normalized spacial score (nSPS) is 11.9. The molecule has 1 aromatic heterocycles. The Kier molecular flexibility index (Phi) is 4.72. The molecule has 0 atom stereocenters. The molecule has 11 heteroatoms. The van der Waals surface area contributed by atoms with E-state index in [0.717, 1.165) is 6.20 Å². The Morgan fingerprint density at radius 2 is 1.85 bits per heavy atom. The third-order valence-electron chi connectivity index (χ3n) is 3.38. The van der Waals surface area contributed by atoms with E-state index in [1.165, 1.54) is 18.2 Å². The van der Waals surface area contributed by atoms with E-state index in [4.69, 9.17) is 11.6 Å². The van der Waals surface area contributed by atoms with Gasteiger partial charge >= 0.3 is 6.61 Å². The molecular formula is C15H9ClF4N2O3S. The topological polar surface area (TPSA) is 71.2 Å². The second kappa shape index (κ2) is 6.69. The Balaban J connectivity index is 1.98. The van der Waals surface area contributed by atoms with Crippen LogP contribution in [0, 0.1) is 11.6 Å². The average molecular weight is 409 g/mol. The number of fused-ring (bicyclic) bond motifs is 1. The standard InChI is InChI=1S/C15H9ClF4N2O3S/c16-7-1-2-8-11(3-7)21-6-14(8)26(23,24)22-12-4-10(18)13(5-9(12)17)25-15(19)20/h1-6,15,21-22H. The van der Waals surface area contributed by atoms with E-state index in [0.29, 0.717) is 22.7 Å². The minimum absolute atomic E-state index is 0.225. The number of ether oxygens (including phenoxy) is 1. The number of hydrogen-bond acceptors (Lipinski definition) is 3. The van der Waals surface area contributed by atoms with E-state index < -0.39 is 39.7 Å². The summed E-state index contributed by atoms with van der Waals surface area (Å²) in [6.45, 7) is -3.36. The highest BCUT2D eigenvalue weighted by molar-refractivity contribution is 7.93. The highest BCUT2D eigenvalue weighted by Gasteiger charge is 2.22. The lowest BCUT2D eigenvalue weighted by molar-refractivity contribution is -0.0523. The van der Waals surface area contributed by atoms with Gasteiger partial charge in [-0.25, -0.2) is 17.2 Å². The van der Waals surface area contributed by atoms with Gasteiger partial charge in [-0.3, -0.25) is 4.72 Å². The molecule has 26 heavy (non-hydrogen) atoms. The monoisotopic (exact) mass is 408 g/mol. The summed E-state index contributed by atoms with van der Waals surface area (Å²) in [5.74, 6) is -3.68. The maximum absolute atomic E-state index is 14.0. The number of aromatic amines is 1. The van der Waals surface area contributed by atoms with Crippen LogP contribution in [0.5, 0.6) is 5.75 Å². The van der Waals surface area contributed by atoms with Crippen molar-refractivity contribution in [2.75, 3.05) is 4.72 Å². The molecule has 0 amide bonds. The molecule has 0 aliphatic carbocycles. The predicted molar refractivity (Wildman–Crippen MR) is 87.1 cm³/mol. The Hall–Kier alpha value is -2.46. The van der Waals surface area contributed by atoms with Crippen molar-refractivity contribution in [2.45, 2.75) is 11.5 Å². The number of anilines is 1. The van der Waals surface area contributed by atoms with Gasteiger partial charge in [0.2, 0.25) is 0 Å². The Morgan fingerprint density at radius 1 is 1.12 bits per heavy atom. The molecule has 1 heterocycles. The lowest BCUT2D eigenvalue weighted by Gasteiger charge is -2.11. The predicted octanol–water partition coefficient (Wildman–Crippen LogP) is 4.50. The van der Waals surface area contributed by atoms with Gasteiger partial charge in [-0.15, -0.1) is 0 Å². The zero-order valence-electron chi connectivity index (χ0n) is 12.6. The zero-order valence-corrected chi connectivity index (χ0v) is 14.1. The molecule has 0 aliphatic heterocycles. The smallest absolute Gasteiger partial charge is 0.387 e. The van der Waals surface area contributed by atoms with Gasteiger partial charge in [0, 0.05) is 34.3 Å². The van der Waals surface area contributed by atoms with Crippen molar-refractivity contribution in [3.8, 4) is 5.75 Å². The van der Waals surface area contributed by atoms with Gasteiger partial charge < -0.3 is 9.72 Å². The Morgan fingerprint density at radius 3 is 2.54 bits per heavy atom. The molecule has 0 aliphatic rings. The van der Waals surface area contributed by atoms with Crippen LogP contribution in [0.1, 0.15) is 0 Å². The molecule has 0 unspecified atom stereocenters. The summed E-state index contributed by atoms with van der Waals surface area (Å²) in [7, 11) is -4.30. The van der Waals surface area contributed by atoms with Crippen LogP contribution < -0.4 is 9.46 Å². The van der Waals surface area contributed by atoms with Crippen molar-refractivity contribution in [3.63, 3.8) is 0 Å². The summed E-state index contributed by atoms with van der Waals surface area (Å²) in [6.07, 6.45) is 1.16. The van der Waals surface area contributed by atoms with Crippen molar-refractivity contribution < 1.29 is 30.7 Å². The summed E-state index contributed by atoms with van der Waals surface area (Å²) in [6, 6.07) is 5.14. The fraction of sp³-hybridized carbons (Fsp3) is 0.0667. The number of hydrogen-bond donors (Lipinski definition) is 2. The first kappa shape index (κ1) is 18.3. The second-order valence-corrected chi connectivity index (χ2v) is 7.18. The van der Waals surface area contributed by atoms with Gasteiger partial charge in [-0.05, 0) is 18.2 Å². The van der Waals surface area contributed by atoms with E-state index in [9.17, 15) is 26.0 Å². The van der Waals surface area contributed by atoms with Crippen LogP contribution in [-0.2, 0) is 10.0 Å². The Bertz CT molecular complexity index is 1090. The van der Waals surface area contributed by atoms with Crippen LogP contribution in [0.4, 0.5) is 23.2 Å². The molecule has 3 rings (SSSR count). The number of benzene rings is 2. The van der Waals surface area contributed by atoms with Gasteiger partial charge in [0.1, 0.15) is 4.90 Å². The summed E-state index contributed by atoms with van der Waals surface area (Å²) in [5.41, 5.74) is -0.336. The van der Waals surface area contributed by atoms with E-state index in [1.54, 1.807) is 0 Å². The van der Waals surface area contributed by atoms with Gasteiger partial charge in [0.05, 0.1) is 5.69 Å². The minimum Gasteiger partial charge on any atom is -0.432 e. The highest BCUT2D eigenvalue weighted by Crippen LogP contribution is 2.30. The highest BCUT2D eigenvalue weighted by atomic mass is 35.5. The minimum atomic E-state index is -4.30. The maximum Gasteiger partial charge on any atom is 0.387 e.